The van der Waals surface area contributed by atoms with Crippen LogP contribution in [0.3, 0.4) is 0 Å². The number of β-amino-alcohol motifs (C(OH)–C–C–N with tert-alkyl or cyclic N) is 1. The number of nitrogens with one attached hydrogen (secondary N) is 1. The van der Waals surface area contributed by atoms with Crippen LogP contribution in [-0.4, -0.2) is 57.7 Å². The number of aliphatic hydroxyl groups is 1. The molecule has 2 N–H and O–H groups in total. The van der Waals surface area contributed by atoms with Gasteiger partial charge in [0.05, 0.1) is 23.3 Å². The van der Waals surface area contributed by atoms with E-state index in [0.717, 1.165) is 0 Å². The van der Waals surface area contributed by atoms with E-state index in [0.29, 0.717) is 13.1 Å². The van der Waals surface area contributed by atoms with Crippen molar-refractivity contribution in [3.8, 4) is 0 Å². The number of amides is 1. The third-order valence-electron chi connectivity index (χ3n) is 3.39. The number of hydrogen-bond donors (Lipinski definition) is 2. The molecular formula is C11H16N4O4. The smallest absolute Gasteiger partial charge is 0.287 e. The van der Waals surface area contributed by atoms with E-state index in [1.54, 1.807) is 14.1 Å². The molecule has 8 nitrogen and oxygen atoms in total. The molecule has 2 heterocycles. The molecule has 1 aliphatic heterocycles. The van der Waals surface area contributed by atoms with Crippen LogP contribution in [0.15, 0.2) is 12.3 Å². The minimum absolute atomic E-state index is 0.121. The van der Waals surface area contributed by atoms with Gasteiger partial charge in [-0.1, -0.05) is 0 Å². The summed E-state index contributed by atoms with van der Waals surface area (Å²) in [7, 11) is 3.17. The Morgan fingerprint density at radius 2 is 2.32 bits per heavy atom. The van der Waals surface area contributed by atoms with Crippen molar-refractivity contribution >= 4 is 11.6 Å². The minimum Gasteiger partial charge on any atom is -0.390 e. The summed E-state index contributed by atoms with van der Waals surface area (Å²) >= 11 is 0. The highest BCUT2D eigenvalue weighted by molar-refractivity contribution is 5.93. The van der Waals surface area contributed by atoms with Gasteiger partial charge in [-0.2, -0.15) is 0 Å². The van der Waals surface area contributed by atoms with Crippen molar-refractivity contribution in [2.45, 2.75) is 12.1 Å². The van der Waals surface area contributed by atoms with Crippen molar-refractivity contribution < 1.29 is 14.8 Å². The molecule has 1 fully saturated rings. The van der Waals surface area contributed by atoms with Gasteiger partial charge in [0.15, 0.2) is 0 Å². The summed E-state index contributed by atoms with van der Waals surface area (Å²) < 4.78 is 1.42. The predicted octanol–water partition coefficient (Wildman–Crippen LogP) is -0.662. The summed E-state index contributed by atoms with van der Waals surface area (Å²) in [5.41, 5.74) is 0.109. The fourth-order valence-corrected chi connectivity index (χ4v) is 2.24. The van der Waals surface area contributed by atoms with E-state index < -0.39 is 11.0 Å². The van der Waals surface area contributed by atoms with Crippen LogP contribution in [-0.2, 0) is 7.05 Å². The quantitative estimate of drug-likeness (QED) is 0.560. The number of aryl methyl sites for hydroxylation is 1. The third-order valence-corrected chi connectivity index (χ3v) is 3.39. The van der Waals surface area contributed by atoms with E-state index in [-0.39, 0.29) is 23.3 Å². The number of hydrogen-bond acceptors (Lipinski definition) is 5. The first kappa shape index (κ1) is 13.5. The van der Waals surface area contributed by atoms with Gasteiger partial charge in [0, 0.05) is 33.3 Å². The molecule has 0 bridgehead atoms. The summed E-state index contributed by atoms with van der Waals surface area (Å²) in [6.45, 7) is 0.950. The summed E-state index contributed by atoms with van der Waals surface area (Å²) in [6.07, 6.45) is 0.675. The molecule has 0 spiro atoms. The highest BCUT2D eigenvalue weighted by Gasteiger charge is 2.33. The number of aromatic nitrogens is 1. The molecule has 1 aromatic rings. The van der Waals surface area contributed by atoms with Crippen LogP contribution in [0.1, 0.15) is 10.5 Å². The van der Waals surface area contributed by atoms with Gasteiger partial charge in [0.1, 0.15) is 5.69 Å². The zero-order chi connectivity index (χ0) is 14.2. The molecule has 1 amide bonds. The highest BCUT2D eigenvalue weighted by Crippen LogP contribution is 2.18. The lowest BCUT2D eigenvalue weighted by molar-refractivity contribution is -0.384. The summed E-state index contributed by atoms with van der Waals surface area (Å²) in [6, 6.07) is 0.926. The number of carbonyl (C=O) groups excluding carboxylic acids is 1. The van der Waals surface area contributed by atoms with Gasteiger partial charge in [0.2, 0.25) is 0 Å². The van der Waals surface area contributed by atoms with Crippen LogP contribution in [0.4, 0.5) is 5.69 Å². The molecule has 2 rings (SSSR count). The first-order valence-corrected chi connectivity index (χ1v) is 5.88. The zero-order valence-corrected chi connectivity index (χ0v) is 10.7. The number of carbonyl (C=O) groups is 1. The average molecular weight is 268 g/mol. The maximum absolute atomic E-state index is 12.3. The molecule has 0 saturated carbocycles. The molecule has 2 atom stereocenters. The molecule has 1 aliphatic rings. The molecular weight excluding hydrogens is 252 g/mol. The summed E-state index contributed by atoms with van der Waals surface area (Å²) in [5.74, 6) is -0.344. The molecule has 0 aliphatic carbocycles. The Bertz CT molecular complexity index is 513. The minimum atomic E-state index is -0.621. The van der Waals surface area contributed by atoms with Crippen LogP contribution in [0.25, 0.3) is 0 Å². The van der Waals surface area contributed by atoms with E-state index in [2.05, 4.69) is 5.32 Å². The second-order valence-electron chi connectivity index (χ2n) is 4.66. The molecule has 0 aromatic carbocycles. The largest absolute Gasteiger partial charge is 0.390 e. The number of likely N-dealkylation sites (N-methyl/N-ethyl adjacent to an activating group) is 1. The lowest BCUT2D eigenvalue weighted by Gasteiger charge is -2.26. The van der Waals surface area contributed by atoms with Crippen LogP contribution in [0, 0.1) is 10.1 Å². The number of nitrogens with zero attached hydrogens (tertiary/aromatic N) is 3. The molecule has 104 valence electrons. The predicted molar refractivity (Wildman–Crippen MR) is 66.8 cm³/mol. The van der Waals surface area contributed by atoms with Gasteiger partial charge in [-0.3, -0.25) is 14.9 Å². The van der Waals surface area contributed by atoms with Crippen LogP contribution in [0.2, 0.25) is 0 Å². The number of aliphatic hydroxyl groups excluding tert-OH is 1. The number of rotatable bonds is 3. The van der Waals surface area contributed by atoms with Crippen LogP contribution < -0.4 is 5.32 Å². The molecule has 0 radical (unpaired) electrons. The Labute approximate surface area is 109 Å². The maximum Gasteiger partial charge on any atom is 0.287 e. The third kappa shape index (κ3) is 2.45. The lowest BCUT2D eigenvalue weighted by Crippen LogP contribution is -2.44. The SMILES string of the molecule is CN(C(=O)c1cc([N+](=O)[O-])cn1C)[C@H]1CNC[C@@H]1O. The summed E-state index contributed by atoms with van der Waals surface area (Å²) in [4.78, 5) is 23.8. The first-order chi connectivity index (χ1) is 8.91. The Kier molecular flexibility index (Phi) is 3.54. The molecule has 1 saturated heterocycles. The molecule has 1 aromatic heterocycles. The van der Waals surface area contributed by atoms with Crippen LogP contribution >= 0.6 is 0 Å². The van der Waals surface area contributed by atoms with Crippen molar-refractivity contribution in [3.05, 3.63) is 28.1 Å². The fraction of sp³-hybridized carbons (Fsp3) is 0.545. The second kappa shape index (κ2) is 4.98. The van der Waals surface area contributed by atoms with E-state index in [1.807, 2.05) is 0 Å². The van der Waals surface area contributed by atoms with Gasteiger partial charge in [-0.15, -0.1) is 0 Å². The van der Waals surface area contributed by atoms with Gasteiger partial charge in [0.25, 0.3) is 11.6 Å². The Balaban J connectivity index is 2.21. The van der Waals surface area contributed by atoms with Gasteiger partial charge in [-0.25, -0.2) is 0 Å². The number of nitro groups is 1. The van der Waals surface area contributed by atoms with E-state index in [9.17, 15) is 20.0 Å². The molecule has 19 heavy (non-hydrogen) atoms. The average Bonchev–Trinajstić information content (AvgIpc) is 2.93. The zero-order valence-electron chi connectivity index (χ0n) is 10.7. The second-order valence-corrected chi connectivity index (χ2v) is 4.66. The normalized spacial score (nSPS) is 22.5. The van der Waals surface area contributed by atoms with Gasteiger partial charge >= 0.3 is 0 Å². The standard InChI is InChI=1S/C11H16N4O4/c1-13-6-7(15(18)19)3-8(13)11(17)14(2)9-4-12-5-10(9)16/h3,6,9-10,12,16H,4-5H2,1-2H3/t9-,10-/m0/s1. The Morgan fingerprint density at radius 3 is 2.79 bits per heavy atom. The van der Waals surface area contributed by atoms with Crippen molar-refractivity contribution in [3.63, 3.8) is 0 Å². The monoisotopic (exact) mass is 268 g/mol. The molecule has 8 heteroatoms. The van der Waals surface area contributed by atoms with Crippen LogP contribution in [0.5, 0.6) is 0 Å². The van der Waals surface area contributed by atoms with Crippen molar-refractivity contribution in [2.24, 2.45) is 7.05 Å². The van der Waals surface area contributed by atoms with Crippen molar-refractivity contribution in [2.75, 3.05) is 20.1 Å². The van der Waals surface area contributed by atoms with Crippen molar-refractivity contribution in [1.82, 2.24) is 14.8 Å². The summed E-state index contributed by atoms with van der Waals surface area (Å²) in [5, 5.41) is 23.4. The molecule has 0 unspecified atom stereocenters. The Hall–Kier alpha value is -1.93. The topological polar surface area (TPSA) is 101 Å². The lowest BCUT2D eigenvalue weighted by atomic mass is 10.2. The fourth-order valence-electron chi connectivity index (χ4n) is 2.24. The van der Waals surface area contributed by atoms with Crippen molar-refractivity contribution in [1.29, 1.82) is 0 Å². The Morgan fingerprint density at radius 1 is 1.63 bits per heavy atom. The van der Waals surface area contributed by atoms with E-state index in [1.165, 1.54) is 21.7 Å². The maximum atomic E-state index is 12.3. The van der Waals surface area contributed by atoms with Gasteiger partial charge < -0.3 is 19.9 Å². The van der Waals surface area contributed by atoms with Gasteiger partial charge in [-0.05, 0) is 0 Å². The van der Waals surface area contributed by atoms with E-state index >= 15 is 0 Å². The highest BCUT2D eigenvalue weighted by atomic mass is 16.6. The van der Waals surface area contributed by atoms with E-state index in [4.69, 9.17) is 0 Å². The first-order valence-electron chi connectivity index (χ1n) is 5.88.